The number of anilines is 2. The van der Waals surface area contributed by atoms with Gasteiger partial charge in [0.05, 0.1) is 6.61 Å². The Morgan fingerprint density at radius 3 is 2.41 bits per heavy atom. The van der Waals surface area contributed by atoms with E-state index in [-0.39, 0.29) is 12.5 Å². The predicted octanol–water partition coefficient (Wildman–Crippen LogP) is 4.93. The Balaban J connectivity index is 2.07. The smallest absolute Gasteiger partial charge is 0.411 e. The maximum Gasteiger partial charge on any atom is 0.411 e. The molecule has 0 fully saturated rings. The monoisotopic (exact) mass is 390 g/mol. The summed E-state index contributed by atoms with van der Waals surface area (Å²) in [6.07, 6.45) is -1.26. The van der Waals surface area contributed by atoms with Gasteiger partial charge in [-0.3, -0.25) is 10.1 Å². The minimum absolute atomic E-state index is 0.278. The summed E-state index contributed by atoms with van der Waals surface area (Å²) in [6.45, 7) is 7.33. The molecule has 6 nitrogen and oxygen atoms in total. The molecule has 2 amide bonds. The summed E-state index contributed by atoms with van der Waals surface area (Å²) < 4.78 is 10.6. The lowest BCUT2D eigenvalue weighted by molar-refractivity contribution is -0.122. The zero-order valence-electron chi connectivity index (χ0n) is 15.8. The SMILES string of the molecule is CCOC(=O)Nc1cccc(NC(=O)C(C)Oc2ccc(Cl)cc2C)c1C. The lowest BCUT2D eigenvalue weighted by Gasteiger charge is -2.18. The second-order valence-electron chi connectivity index (χ2n) is 5.98. The van der Waals surface area contributed by atoms with Gasteiger partial charge in [0.2, 0.25) is 0 Å². The topological polar surface area (TPSA) is 76.7 Å². The molecular weight excluding hydrogens is 368 g/mol. The van der Waals surface area contributed by atoms with Gasteiger partial charge in [-0.15, -0.1) is 0 Å². The van der Waals surface area contributed by atoms with E-state index in [1.807, 2.05) is 6.92 Å². The van der Waals surface area contributed by atoms with Crippen LogP contribution in [0.3, 0.4) is 0 Å². The molecule has 0 bridgehead atoms. The Morgan fingerprint density at radius 2 is 1.78 bits per heavy atom. The van der Waals surface area contributed by atoms with E-state index in [1.165, 1.54) is 0 Å². The molecule has 0 spiro atoms. The number of hydrogen-bond acceptors (Lipinski definition) is 4. The molecule has 144 valence electrons. The van der Waals surface area contributed by atoms with Gasteiger partial charge in [0.15, 0.2) is 6.10 Å². The third kappa shape index (κ3) is 5.62. The Kier molecular flexibility index (Phi) is 7.07. The lowest BCUT2D eigenvalue weighted by Crippen LogP contribution is -2.30. The average Bonchev–Trinajstić information content (AvgIpc) is 2.61. The Morgan fingerprint density at radius 1 is 1.11 bits per heavy atom. The second kappa shape index (κ2) is 9.28. The van der Waals surface area contributed by atoms with Crippen molar-refractivity contribution in [1.29, 1.82) is 0 Å². The summed E-state index contributed by atoms with van der Waals surface area (Å²) in [5.74, 6) is 0.289. The van der Waals surface area contributed by atoms with E-state index in [0.29, 0.717) is 27.7 Å². The molecule has 2 N–H and O–H groups in total. The van der Waals surface area contributed by atoms with E-state index in [2.05, 4.69) is 10.6 Å². The van der Waals surface area contributed by atoms with Crippen molar-refractivity contribution in [3.63, 3.8) is 0 Å². The standard InChI is InChI=1S/C20H23ClN2O4/c1-5-26-20(25)23-17-8-6-7-16(13(17)3)22-19(24)14(4)27-18-10-9-15(21)11-12(18)2/h6-11,14H,5H2,1-4H3,(H,22,24)(H,23,25). The minimum atomic E-state index is -0.717. The summed E-state index contributed by atoms with van der Waals surface area (Å²) >= 11 is 5.94. The van der Waals surface area contributed by atoms with Crippen LogP contribution in [0.1, 0.15) is 25.0 Å². The predicted molar refractivity (Wildman–Crippen MR) is 107 cm³/mol. The van der Waals surface area contributed by atoms with E-state index in [4.69, 9.17) is 21.1 Å². The minimum Gasteiger partial charge on any atom is -0.481 e. The van der Waals surface area contributed by atoms with Crippen molar-refractivity contribution in [2.45, 2.75) is 33.8 Å². The van der Waals surface area contributed by atoms with E-state index in [9.17, 15) is 9.59 Å². The van der Waals surface area contributed by atoms with Crippen LogP contribution < -0.4 is 15.4 Å². The highest BCUT2D eigenvalue weighted by molar-refractivity contribution is 6.30. The van der Waals surface area contributed by atoms with Crippen molar-refractivity contribution < 1.29 is 19.1 Å². The van der Waals surface area contributed by atoms with Gasteiger partial charge in [-0.05, 0) is 69.2 Å². The zero-order chi connectivity index (χ0) is 20.0. The molecule has 2 aromatic carbocycles. The van der Waals surface area contributed by atoms with Crippen LogP contribution in [-0.4, -0.2) is 24.7 Å². The average molecular weight is 391 g/mol. The number of hydrogen-bond donors (Lipinski definition) is 2. The number of nitrogens with one attached hydrogen (secondary N) is 2. The van der Waals surface area contributed by atoms with Crippen LogP contribution in [-0.2, 0) is 9.53 Å². The third-order valence-corrected chi connectivity index (χ3v) is 4.15. The Labute approximate surface area is 163 Å². The highest BCUT2D eigenvalue weighted by atomic mass is 35.5. The Bertz CT molecular complexity index is 839. The number of halogens is 1. The molecule has 0 saturated heterocycles. The van der Waals surface area contributed by atoms with E-state index in [0.717, 1.165) is 5.56 Å². The van der Waals surface area contributed by atoms with Crippen LogP contribution in [0.4, 0.5) is 16.2 Å². The summed E-state index contributed by atoms with van der Waals surface area (Å²) in [4.78, 5) is 24.1. The normalized spacial score (nSPS) is 11.4. The van der Waals surface area contributed by atoms with Gasteiger partial charge >= 0.3 is 6.09 Å². The number of carbonyl (C=O) groups excluding carboxylic acids is 2. The highest BCUT2D eigenvalue weighted by Gasteiger charge is 2.18. The van der Waals surface area contributed by atoms with Gasteiger partial charge < -0.3 is 14.8 Å². The molecule has 0 saturated carbocycles. The molecule has 0 aromatic heterocycles. The quantitative estimate of drug-likeness (QED) is 0.733. The van der Waals surface area contributed by atoms with Gasteiger partial charge in [0.1, 0.15) is 5.75 Å². The maximum absolute atomic E-state index is 12.5. The molecule has 2 aromatic rings. The van der Waals surface area contributed by atoms with Crippen LogP contribution in [0, 0.1) is 13.8 Å². The molecule has 0 aliphatic heterocycles. The molecule has 27 heavy (non-hydrogen) atoms. The fourth-order valence-electron chi connectivity index (χ4n) is 2.41. The first kappa shape index (κ1) is 20.6. The van der Waals surface area contributed by atoms with Crippen LogP contribution in [0.2, 0.25) is 5.02 Å². The van der Waals surface area contributed by atoms with Crippen molar-refractivity contribution >= 4 is 35.0 Å². The van der Waals surface area contributed by atoms with Crippen LogP contribution in [0.25, 0.3) is 0 Å². The maximum atomic E-state index is 12.5. The Hall–Kier alpha value is -2.73. The number of carbonyl (C=O) groups is 2. The second-order valence-corrected chi connectivity index (χ2v) is 6.42. The van der Waals surface area contributed by atoms with E-state index < -0.39 is 12.2 Å². The molecule has 1 unspecified atom stereocenters. The number of amides is 2. The molecule has 0 aliphatic carbocycles. The van der Waals surface area contributed by atoms with E-state index in [1.54, 1.807) is 57.2 Å². The summed E-state index contributed by atoms with van der Waals surface area (Å²) in [5, 5.41) is 6.08. The largest absolute Gasteiger partial charge is 0.481 e. The molecule has 1 atom stereocenters. The number of aryl methyl sites for hydroxylation is 1. The van der Waals surface area contributed by atoms with Crippen LogP contribution in [0.15, 0.2) is 36.4 Å². The van der Waals surface area contributed by atoms with Gasteiger partial charge in [0.25, 0.3) is 5.91 Å². The molecule has 0 heterocycles. The van der Waals surface area contributed by atoms with E-state index >= 15 is 0 Å². The summed E-state index contributed by atoms with van der Waals surface area (Å²) in [7, 11) is 0. The zero-order valence-corrected chi connectivity index (χ0v) is 16.5. The molecular formula is C20H23ClN2O4. The first-order valence-electron chi connectivity index (χ1n) is 8.59. The van der Waals surface area contributed by atoms with Crippen molar-refractivity contribution in [3.05, 3.63) is 52.5 Å². The summed E-state index contributed by atoms with van der Waals surface area (Å²) in [5.41, 5.74) is 2.71. The third-order valence-electron chi connectivity index (χ3n) is 3.91. The molecule has 7 heteroatoms. The van der Waals surface area contributed by atoms with Gasteiger partial charge in [-0.2, -0.15) is 0 Å². The van der Waals surface area contributed by atoms with Crippen LogP contribution in [0.5, 0.6) is 5.75 Å². The first-order chi connectivity index (χ1) is 12.8. The number of ether oxygens (including phenoxy) is 2. The number of benzene rings is 2. The van der Waals surface area contributed by atoms with Gasteiger partial charge in [0, 0.05) is 16.4 Å². The van der Waals surface area contributed by atoms with Crippen molar-refractivity contribution in [2.75, 3.05) is 17.2 Å². The van der Waals surface area contributed by atoms with Crippen molar-refractivity contribution in [2.24, 2.45) is 0 Å². The molecule has 0 aliphatic rings. The van der Waals surface area contributed by atoms with Crippen molar-refractivity contribution in [3.8, 4) is 5.75 Å². The molecule has 2 rings (SSSR count). The highest BCUT2D eigenvalue weighted by Crippen LogP contribution is 2.25. The van der Waals surface area contributed by atoms with Crippen molar-refractivity contribution in [1.82, 2.24) is 0 Å². The fourth-order valence-corrected chi connectivity index (χ4v) is 2.63. The van der Waals surface area contributed by atoms with Crippen LogP contribution >= 0.6 is 11.6 Å². The lowest BCUT2D eigenvalue weighted by atomic mass is 10.1. The van der Waals surface area contributed by atoms with Gasteiger partial charge in [-0.25, -0.2) is 4.79 Å². The first-order valence-corrected chi connectivity index (χ1v) is 8.96. The summed E-state index contributed by atoms with van der Waals surface area (Å²) in [6, 6.07) is 10.4. The fraction of sp³-hybridized carbons (Fsp3) is 0.300. The van der Waals surface area contributed by atoms with Gasteiger partial charge in [-0.1, -0.05) is 17.7 Å². The number of rotatable bonds is 6. The molecule has 0 radical (unpaired) electrons.